The van der Waals surface area contributed by atoms with Crippen molar-refractivity contribution in [1.29, 1.82) is 5.26 Å². The van der Waals surface area contributed by atoms with Crippen molar-refractivity contribution in [3.05, 3.63) is 0 Å². The van der Waals surface area contributed by atoms with E-state index in [1.54, 1.807) is 4.90 Å². The van der Waals surface area contributed by atoms with Gasteiger partial charge < -0.3 is 10.6 Å². The normalized spacial score (nSPS) is 16.0. The SMILES string of the molecule is CC[C@H](C)[C@H](N)C(=O)N(CC)CC(C)C#N. The van der Waals surface area contributed by atoms with Crippen LogP contribution >= 0.6 is 0 Å². The van der Waals surface area contributed by atoms with Gasteiger partial charge in [-0.2, -0.15) is 5.26 Å². The third-order valence-electron chi connectivity index (χ3n) is 2.95. The van der Waals surface area contributed by atoms with E-state index in [1.807, 2.05) is 27.7 Å². The summed E-state index contributed by atoms with van der Waals surface area (Å²) in [7, 11) is 0. The Hall–Kier alpha value is -1.08. The Morgan fingerprint density at radius 3 is 2.38 bits per heavy atom. The topological polar surface area (TPSA) is 70.1 Å². The highest BCUT2D eigenvalue weighted by Crippen LogP contribution is 2.09. The second-order valence-electron chi connectivity index (χ2n) is 4.32. The van der Waals surface area contributed by atoms with Crippen molar-refractivity contribution in [2.75, 3.05) is 13.1 Å². The predicted molar refractivity (Wildman–Crippen MR) is 64.5 cm³/mol. The van der Waals surface area contributed by atoms with Crippen molar-refractivity contribution in [2.24, 2.45) is 17.6 Å². The Morgan fingerprint density at radius 2 is 2.00 bits per heavy atom. The molecule has 1 amide bonds. The Kier molecular flexibility index (Phi) is 6.75. The van der Waals surface area contributed by atoms with Gasteiger partial charge in [-0.15, -0.1) is 0 Å². The van der Waals surface area contributed by atoms with Crippen LogP contribution in [0, 0.1) is 23.2 Å². The van der Waals surface area contributed by atoms with Gasteiger partial charge in [0.25, 0.3) is 0 Å². The summed E-state index contributed by atoms with van der Waals surface area (Å²) in [5, 5.41) is 8.74. The van der Waals surface area contributed by atoms with E-state index in [0.717, 1.165) is 6.42 Å². The Labute approximate surface area is 98.4 Å². The molecule has 0 spiro atoms. The van der Waals surface area contributed by atoms with Crippen LogP contribution in [-0.2, 0) is 4.79 Å². The second kappa shape index (κ2) is 7.24. The average molecular weight is 225 g/mol. The first-order valence-corrected chi connectivity index (χ1v) is 5.91. The smallest absolute Gasteiger partial charge is 0.239 e. The van der Waals surface area contributed by atoms with Crippen molar-refractivity contribution in [1.82, 2.24) is 4.90 Å². The van der Waals surface area contributed by atoms with Crippen LogP contribution in [0.1, 0.15) is 34.1 Å². The highest BCUT2D eigenvalue weighted by atomic mass is 16.2. The van der Waals surface area contributed by atoms with E-state index >= 15 is 0 Å². The summed E-state index contributed by atoms with van der Waals surface area (Å²) in [6.07, 6.45) is 0.887. The minimum Gasteiger partial charge on any atom is -0.340 e. The molecular formula is C12H23N3O. The van der Waals surface area contributed by atoms with E-state index in [4.69, 9.17) is 11.0 Å². The van der Waals surface area contributed by atoms with Crippen LogP contribution in [0.3, 0.4) is 0 Å². The molecule has 0 radical (unpaired) electrons. The zero-order valence-corrected chi connectivity index (χ0v) is 10.7. The summed E-state index contributed by atoms with van der Waals surface area (Å²) in [6.45, 7) is 8.79. The summed E-state index contributed by atoms with van der Waals surface area (Å²) < 4.78 is 0. The molecule has 0 rings (SSSR count). The molecule has 0 aliphatic rings. The first-order chi connectivity index (χ1) is 7.47. The Balaban J connectivity index is 4.48. The molecule has 0 aliphatic carbocycles. The molecule has 0 heterocycles. The lowest BCUT2D eigenvalue weighted by molar-refractivity contribution is -0.133. The standard InChI is InChI=1S/C12H23N3O/c1-5-10(4)11(14)12(16)15(6-2)8-9(3)7-13/h9-11H,5-6,8,14H2,1-4H3/t9?,10-,11-/m0/s1. The van der Waals surface area contributed by atoms with Gasteiger partial charge in [0, 0.05) is 13.1 Å². The summed E-state index contributed by atoms with van der Waals surface area (Å²) in [5.74, 6) is -0.00840. The van der Waals surface area contributed by atoms with Crippen molar-refractivity contribution in [3.8, 4) is 6.07 Å². The number of likely N-dealkylation sites (N-methyl/N-ethyl adjacent to an activating group) is 1. The highest BCUT2D eigenvalue weighted by Gasteiger charge is 2.24. The number of rotatable bonds is 6. The maximum atomic E-state index is 12.0. The largest absolute Gasteiger partial charge is 0.340 e. The van der Waals surface area contributed by atoms with Gasteiger partial charge >= 0.3 is 0 Å². The predicted octanol–water partition coefficient (Wildman–Crippen LogP) is 1.37. The van der Waals surface area contributed by atoms with E-state index in [2.05, 4.69) is 6.07 Å². The summed E-state index contributed by atoms with van der Waals surface area (Å²) in [5.41, 5.74) is 5.89. The molecule has 0 saturated heterocycles. The first-order valence-electron chi connectivity index (χ1n) is 5.91. The lowest BCUT2D eigenvalue weighted by atomic mass is 9.98. The molecule has 4 heteroatoms. The minimum atomic E-state index is -0.448. The van der Waals surface area contributed by atoms with Gasteiger partial charge in [-0.3, -0.25) is 4.79 Å². The van der Waals surface area contributed by atoms with Crippen molar-refractivity contribution < 1.29 is 4.79 Å². The van der Waals surface area contributed by atoms with E-state index in [1.165, 1.54) is 0 Å². The summed E-state index contributed by atoms with van der Waals surface area (Å²) >= 11 is 0. The molecule has 92 valence electrons. The third kappa shape index (κ3) is 4.19. The lowest BCUT2D eigenvalue weighted by Gasteiger charge is -2.27. The van der Waals surface area contributed by atoms with Crippen LogP contribution in [0.25, 0.3) is 0 Å². The van der Waals surface area contributed by atoms with Crippen molar-refractivity contribution >= 4 is 5.91 Å². The molecule has 0 aromatic carbocycles. The number of carbonyl (C=O) groups is 1. The third-order valence-corrected chi connectivity index (χ3v) is 2.95. The molecule has 4 nitrogen and oxygen atoms in total. The number of hydrogen-bond acceptors (Lipinski definition) is 3. The molecule has 0 bridgehead atoms. The minimum absolute atomic E-state index is 0.0426. The van der Waals surface area contributed by atoms with Crippen LogP contribution in [0.2, 0.25) is 0 Å². The first kappa shape index (κ1) is 14.9. The fourth-order valence-electron chi connectivity index (χ4n) is 1.45. The van der Waals surface area contributed by atoms with Gasteiger partial charge in [0.1, 0.15) is 0 Å². The maximum Gasteiger partial charge on any atom is 0.239 e. The van der Waals surface area contributed by atoms with Crippen LogP contribution in [0.4, 0.5) is 0 Å². The van der Waals surface area contributed by atoms with Gasteiger partial charge in [-0.05, 0) is 19.8 Å². The van der Waals surface area contributed by atoms with E-state index in [9.17, 15) is 4.79 Å². The fourth-order valence-corrected chi connectivity index (χ4v) is 1.45. The van der Waals surface area contributed by atoms with Crippen LogP contribution in [0.5, 0.6) is 0 Å². The quantitative estimate of drug-likeness (QED) is 0.742. The molecule has 0 aromatic rings. The maximum absolute atomic E-state index is 12.0. The van der Waals surface area contributed by atoms with Crippen LogP contribution in [0.15, 0.2) is 0 Å². The number of hydrogen-bond donors (Lipinski definition) is 1. The number of nitriles is 1. The van der Waals surface area contributed by atoms with Gasteiger partial charge in [-0.1, -0.05) is 20.3 Å². The second-order valence-corrected chi connectivity index (χ2v) is 4.32. The average Bonchev–Trinajstić information content (AvgIpc) is 2.32. The molecule has 0 aliphatic heterocycles. The lowest BCUT2D eigenvalue weighted by Crippen LogP contribution is -2.48. The van der Waals surface area contributed by atoms with E-state index in [-0.39, 0.29) is 17.7 Å². The van der Waals surface area contributed by atoms with Crippen LogP contribution in [-0.4, -0.2) is 29.9 Å². The monoisotopic (exact) mass is 225 g/mol. The number of amides is 1. The molecule has 0 aromatic heterocycles. The Bertz CT molecular complexity index is 259. The fraction of sp³-hybridized carbons (Fsp3) is 0.833. The van der Waals surface area contributed by atoms with Crippen molar-refractivity contribution in [3.63, 3.8) is 0 Å². The van der Waals surface area contributed by atoms with Gasteiger partial charge in [0.05, 0.1) is 18.0 Å². The number of nitrogens with two attached hydrogens (primary N) is 1. The molecule has 3 atom stereocenters. The van der Waals surface area contributed by atoms with Gasteiger partial charge in [-0.25, -0.2) is 0 Å². The molecule has 2 N–H and O–H groups in total. The van der Waals surface area contributed by atoms with Crippen molar-refractivity contribution in [2.45, 2.75) is 40.2 Å². The molecular weight excluding hydrogens is 202 g/mol. The van der Waals surface area contributed by atoms with E-state index in [0.29, 0.717) is 13.1 Å². The number of nitrogens with zero attached hydrogens (tertiary/aromatic N) is 2. The zero-order chi connectivity index (χ0) is 12.7. The molecule has 0 saturated carbocycles. The highest BCUT2D eigenvalue weighted by molar-refractivity contribution is 5.81. The molecule has 16 heavy (non-hydrogen) atoms. The van der Waals surface area contributed by atoms with Gasteiger partial charge in [0.2, 0.25) is 5.91 Å². The van der Waals surface area contributed by atoms with Crippen LogP contribution < -0.4 is 5.73 Å². The van der Waals surface area contributed by atoms with E-state index < -0.39 is 6.04 Å². The zero-order valence-electron chi connectivity index (χ0n) is 10.7. The molecule has 1 unspecified atom stereocenters. The number of carbonyl (C=O) groups excluding carboxylic acids is 1. The summed E-state index contributed by atoms with van der Waals surface area (Å²) in [6, 6.07) is 1.68. The van der Waals surface area contributed by atoms with Gasteiger partial charge in [0.15, 0.2) is 0 Å². The Morgan fingerprint density at radius 1 is 1.44 bits per heavy atom. The summed E-state index contributed by atoms with van der Waals surface area (Å²) in [4.78, 5) is 13.7. The molecule has 0 fully saturated rings.